The highest BCUT2D eigenvalue weighted by Gasteiger charge is 1.93. The fourth-order valence-electron chi connectivity index (χ4n) is 0.234. The van der Waals surface area contributed by atoms with Gasteiger partial charge in [-0.05, 0) is 13.3 Å². The van der Waals surface area contributed by atoms with Crippen molar-refractivity contribution >= 4 is 0 Å². The first kappa shape index (κ1) is 6.92. The van der Waals surface area contributed by atoms with E-state index in [0.717, 1.165) is 6.42 Å². The number of hydrogen-bond donors (Lipinski definition) is 0. The van der Waals surface area contributed by atoms with Crippen LogP contribution >= 0.6 is 0 Å². The Bertz CT molecular complexity index is 37.1. The number of hydrogen-bond acceptors (Lipinski definition) is 1. The van der Waals surface area contributed by atoms with Gasteiger partial charge in [-0.25, -0.2) is 5.11 Å². The largest absolute Gasteiger partial charge is 0.349 e. The average Bonchev–Trinajstić information content (AvgIpc) is 1.68. The lowest BCUT2D eigenvalue weighted by atomic mass is 10.3. The molecule has 0 fully saturated rings. The van der Waals surface area contributed by atoms with E-state index >= 15 is 0 Å². The van der Waals surface area contributed by atoms with E-state index < -0.39 is 6.79 Å². The standard InChI is InChI=1S/C5H11O2/c1-3-5(2)7-4-6/h5H,3-4H2,1-2H3. The molecule has 2 heteroatoms. The van der Waals surface area contributed by atoms with Gasteiger partial charge in [0, 0.05) is 0 Å². The predicted molar refractivity (Wildman–Crippen MR) is 26.4 cm³/mol. The van der Waals surface area contributed by atoms with Gasteiger partial charge in [-0.2, -0.15) is 0 Å². The summed E-state index contributed by atoms with van der Waals surface area (Å²) in [7, 11) is 0. The monoisotopic (exact) mass is 103 g/mol. The van der Waals surface area contributed by atoms with Crippen molar-refractivity contribution in [2.75, 3.05) is 6.79 Å². The molecule has 0 rings (SSSR count). The van der Waals surface area contributed by atoms with Crippen molar-refractivity contribution in [2.45, 2.75) is 26.4 Å². The summed E-state index contributed by atoms with van der Waals surface area (Å²) in [6.07, 6.45) is 1.06. The van der Waals surface area contributed by atoms with Gasteiger partial charge in [-0.1, -0.05) is 6.92 Å². The quantitative estimate of drug-likeness (QED) is 0.493. The Morgan fingerprint density at radius 2 is 2.29 bits per heavy atom. The van der Waals surface area contributed by atoms with Crippen LogP contribution in [0.3, 0.4) is 0 Å². The molecule has 0 aliphatic rings. The first-order valence-corrected chi connectivity index (χ1v) is 2.51. The van der Waals surface area contributed by atoms with Crippen molar-refractivity contribution in [3.63, 3.8) is 0 Å². The van der Waals surface area contributed by atoms with E-state index in [1.165, 1.54) is 0 Å². The highest BCUT2D eigenvalue weighted by molar-refractivity contribution is 4.39. The first-order valence-electron chi connectivity index (χ1n) is 2.51. The van der Waals surface area contributed by atoms with Crippen molar-refractivity contribution in [1.82, 2.24) is 0 Å². The van der Waals surface area contributed by atoms with Crippen molar-refractivity contribution in [2.24, 2.45) is 0 Å². The molecule has 0 aromatic heterocycles. The van der Waals surface area contributed by atoms with Crippen LogP contribution in [0.2, 0.25) is 0 Å². The molecule has 7 heavy (non-hydrogen) atoms. The fraction of sp³-hybridized carbons (Fsp3) is 1.00. The minimum Gasteiger partial charge on any atom is -0.349 e. The van der Waals surface area contributed by atoms with Gasteiger partial charge in [0.25, 0.3) is 0 Å². The zero-order valence-corrected chi connectivity index (χ0v) is 4.81. The van der Waals surface area contributed by atoms with Crippen molar-refractivity contribution < 1.29 is 9.84 Å². The summed E-state index contributed by atoms with van der Waals surface area (Å²) in [6, 6.07) is 0. The van der Waals surface area contributed by atoms with Crippen LogP contribution in [0.15, 0.2) is 0 Å². The Morgan fingerprint density at radius 3 is 2.43 bits per heavy atom. The summed E-state index contributed by atoms with van der Waals surface area (Å²) in [5.74, 6) is 0. The Hall–Kier alpha value is -0.0800. The normalized spacial score (nSPS) is 14.1. The molecule has 0 spiro atoms. The summed E-state index contributed by atoms with van der Waals surface area (Å²) in [4.78, 5) is 0. The van der Waals surface area contributed by atoms with E-state index in [2.05, 4.69) is 4.74 Å². The van der Waals surface area contributed by atoms with E-state index in [9.17, 15) is 5.11 Å². The summed E-state index contributed by atoms with van der Waals surface area (Å²) in [5.41, 5.74) is 0. The van der Waals surface area contributed by atoms with Gasteiger partial charge in [0.15, 0.2) is 6.79 Å². The summed E-state index contributed by atoms with van der Waals surface area (Å²) >= 11 is 0. The molecule has 0 aliphatic heterocycles. The molecular formula is C5H11O2. The van der Waals surface area contributed by atoms with E-state index in [1.54, 1.807) is 0 Å². The molecule has 0 heterocycles. The molecule has 2 nitrogen and oxygen atoms in total. The summed E-state index contributed by atoms with van der Waals surface area (Å²) < 4.78 is 4.64. The SMILES string of the molecule is CCC(C)OC[O]. The van der Waals surface area contributed by atoms with Crippen molar-refractivity contribution in [1.29, 1.82) is 0 Å². The Labute approximate surface area is 44.1 Å². The molecular weight excluding hydrogens is 92.1 g/mol. The van der Waals surface area contributed by atoms with Crippen LogP contribution in [0.25, 0.3) is 0 Å². The fourth-order valence-corrected chi connectivity index (χ4v) is 0.234. The van der Waals surface area contributed by atoms with Crippen molar-refractivity contribution in [3.05, 3.63) is 0 Å². The second-order valence-electron chi connectivity index (χ2n) is 1.50. The van der Waals surface area contributed by atoms with Crippen LogP contribution in [0.4, 0.5) is 0 Å². The lowest BCUT2D eigenvalue weighted by Gasteiger charge is -2.03. The maximum atomic E-state index is 9.68. The zero-order chi connectivity index (χ0) is 5.70. The third-order valence-corrected chi connectivity index (χ3v) is 0.927. The van der Waals surface area contributed by atoms with Crippen molar-refractivity contribution in [3.8, 4) is 0 Å². The minimum atomic E-state index is -0.408. The maximum absolute atomic E-state index is 9.68. The van der Waals surface area contributed by atoms with Crippen LogP contribution in [-0.4, -0.2) is 12.9 Å². The average molecular weight is 103 g/mol. The van der Waals surface area contributed by atoms with Gasteiger partial charge in [0.1, 0.15) is 0 Å². The van der Waals surface area contributed by atoms with E-state index in [-0.39, 0.29) is 6.10 Å². The van der Waals surface area contributed by atoms with E-state index in [4.69, 9.17) is 0 Å². The third kappa shape index (κ3) is 3.76. The topological polar surface area (TPSA) is 29.1 Å². The molecule has 1 unspecified atom stereocenters. The highest BCUT2D eigenvalue weighted by Crippen LogP contribution is 1.92. The van der Waals surface area contributed by atoms with Gasteiger partial charge in [0.2, 0.25) is 0 Å². The van der Waals surface area contributed by atoms with Crippen LogP contribution in [-0.2, 0) is 9.84 Å². The predicted octanol–water partition coefficient (Wildman–Crippen LogP) is 1.19. The van der Waals surface area contributed by atoms with E-state index in [1.807, 2.05) is 13.8 Å². The second-order valence-corrected chi connectivity index (χ2v) is 1.50. The molecule has 1 atom stereocenters. The van der Waals surface area contributed by atoms with Crippen LogP contribution < -0.4 is 0 Å². The Kier molecular flexibility index (Phi) is 4.04. The van der Waals surface area contributed by atoms with Gasteiger partial charge >= 0.3 is 0 Å². The molecule has 0 saturated heterocycles. The Morgan fingerprint density at radius 1 is 1.71 bits per heavy atom. The number of ether oxygens (including phenoxy) is 1. The van der Waals surface area contributed by atoms with Crippen LogP contribution in [0, 0.1) is 0 Å². The molecule has 1 radical (unpaired) electrons. The van der Waals surface area contributed by atoms with Gasteiger partial charge < -0.3 is 4.74 Å². The van der Waals surface area contributed by atoms with Gasteiger partial charge in [0.05, 0.1) is 6.10 Å². The molecule has 0 aromatic carbocycles. The minimum absolute atomic E-state index is 0.137. The molecule has 0 N–H and O–H groups in total. The second kappa shape index (κ2) is 4.09. The number of rotatable bonds is 3. The highest BCUT2D eigenvalue weighted by atomic mass is 16.6. The summed E-state index contributed by atoms with van der Waals surface area (Å²) in [6.45, 7) is 3.47. The zero-order valence-electron chi connectivity index (χ0n) is 4.81. The van der Waals surface area contributed by atoms with Gasteiger partial charge in [-0.15, -0.1) is 0 Å². The lowest BCUT2D eigenvalue weighted by molar-refractivity contribution is -0.0780. The Balaban J connectivity index is 2.83. The van der Waals surface area contributed by atoms with E-state index in [0.29, 0.717) is 0 Å². The molecule has 0 amide bonds. The van der Waals surface area contributed by atoms with Crippen LogP contribution in [0.1, 0.15) is 20.3 Å². The van der Waals surface area contributed by atoms with Crippen LogP contribution in [0.5, 0.6) is 0 Å². The smallest absolute Gasteiger partial charge is 0.181 e. The third-order valence-electron chi connectivity index (χ3n) is 0.927. The lowest BCUT2D eigenvalue weighted by Crippen LogP contribution is -2.05. The molecule has 43 valence electrons. The summed E-state index contributed by atoms with van der Waals surface area (Å²) in [5, 5.41) is 9.68. The van der Waals surface area contributed by atoms with Gasteiger partial charge in [-0.3, -0.25) is 0 Å². The molecule has 0 aliphatic carbocycles. The molecule has 0 saturated carbocycles. The molecule has 0 aromatic rings. The first-order chi connectivity index (χ1) is 3.31. The maximum Gasteiger partial charge on any atom is 0.181 e. The molecule has 0 bridgehead atoms.